The number of halogens is 1. The fraction of sp³-hybridized carbons (Fsp3) is 0.0500. The minimum Gasteiger partial charge on any atom is -0.322 e. The van der Waals surface area contributed by atoms with Gasteiger partial charge in [-0.15, -0.1) is 10.2 Å². The third-order valence-electron chi connectivity index (χ3n) is 4.37. The number of hydrogen-bond acceptors (Lipinski definition) is 5. The standard InChI is InChI=1S/C20H14ClN5O3/c1-12-9-18-19(24-25(23-18)13-5-3-2-4-6-13)11-17(12)22-20(27)15-10-14(26(28)29)7-8-16(15)21/h2-11H,1H3,(H,22,27). The van der Waals surface area contributed by atoms with E-state index in [1.54, 1.807) is 6.07 Å². The summed E-state index contributed by atoms with van der Waals surface area (Å²) in [6.07, 6.45) is 0. The van der Waals surface area contributed by atoms with Crippen molar-refractivity contribution in [3.05, 3.63) is 86.9 Å². The zero-order chi connectivity index (χ0) is 20.5. The van der Waals surface area contributed by atoms with Gasteiger partial charge in [-0.3, -0.25) is 14.9 Å². The smallest absolute Gasteiger partial charge is 0.270 e. The lowest BCUT2D eigenvalue weighted by Gasteiger charge is -2.09. The molecule has 0 saturated carbocycles. The van der Waals surface area contributed by atoms with E-state index < -0.39 is 10.8 Å². The van der Waals surface area contributed by atoms with Crippen LogP contribution in [0.5, 0.6) is 0 Å². The molecule has 4 aromatic rings. The normalized spacial score (nSPS) is 10.8. The molecule has 0 fully saturated rings. The van der Waals surface area contributed by atoms with Gasteiger partial charge in [0.25, 0.3) is 11.6 Å². The molecule has 0 spiro atoms. The van der Waals surface area contributed by atoms with Gasteiger partial charge in [0.05, 0.1) is 21.2 Å². The molecule has 1 heterocycles. The number of aryl methyl sites for hydroxylation is 1. The van der Waals surface area contributed by atoms with Crippen LogP contribution in [-0.2, 0) is 0 Å². The van der Waals surface area contributed by atoms with Crippen molar-refractivity contribution in [3.8, 4) is 5.69 Å². The van der Waals surface area contributed by atoms with Crippen molar-refractivity contribution < 1.29 is 9.72 Å². The van der Waals surface area contributed by atoms with Crippen LogP contribution in [0.15, 0.2) is 60.7 Å². The summed E-state index contributed by atoms with van der Waals surface area (Å²) < 4.78 is 0. The van der Waals surface area contributed by atoms with E-state index in [1.165, 1.54) is 16.9 Å². The molecule has 29 heavy (non-hydrogen) atoms. The van der Waals surface area contributed by atoms with Crippen LogP contribution in [0.4, 0.5) is 11.4 Å². The van der Waals surface area contributed by atoms with Crippen molar-refractivity contribution in [2.24, 2.45) is 0 Å². The molecule has 0 unspecified atom stereocenters. The molecule has 1 N–H and O–H groups in total. The second kappa shape index (κ2) is 7.33. The van der Waals surface area contributed by atoms with Crippen LogP contribution in [0.2, 0.25) is 5.02 Å². The molecule has 0 aliphatic rings. The Morgan fingerprint density at radius 1 is 1.07 bits per heavy atom. The molecule has 0 bridgehead atoms. The largest absolute Gasteiger partial charge is 0.322 e. The molecule has 1 aromatic heterocycles. The van der Waals surface area contributed by atoms with Crippen LogP contribution in [-0.4, -0.2) is 25.8 Å². The first kappa shape index (κ1) is 18.6. The maximum absolute atomic E-state index is 12.7. The molecular formula is C20H14ClN5O3. The van der Waals surface area contributed by atoms with E-state index in [0.29, 0.717) is 16.7 Å². The van der Waals surface area contributed by atoms with Gasteiger partial charge in [-0.2, -0.15) is 4.80 Å². The lowest BCUT2D eigenvalue weighted by atomic mass is 10.1. The van der Waals surface area contributed by atoms with Crippen molar-refractivity contribution >= 4 is 39.9 Å². The summed E-state index contributed by atoms with van der Waals surface area (Å²) >= 11 is 6.06. The fourth-order valence-corrected chi connectivity index (χ4v) is 3.07. The highest BCUT2D eigenvalue weighted by Gasteiger charge is 2.17. The van der Waals surface area contributed by atoms with E-state index in [9.17, 15) is 14.9 Å². The number of hydrogen-bond donors (Lipinski definition) is 1. The SMILES string of the molecule is Cc1cc2nn(-c3ccccc3)nc2cc1NC(=O)c1cc([N+](=O)[O-])ccc1Cl. The Kier molecular flexibility index (Phi) is 4.69. The van der Waals surface area contributed by atoms with Gasteiger partial charge in [-0.1, -0.05) is 29.8 Å². The second-order valence-electron chi connectivity index (χ2n) is 6.36. The molecule has 144 valence electrons. The first-order valence-corrected chi connectivity index (χ1v) is 8.98. The summed E-state index contributed by atoms with van der Waals surface area (Å²) in [5.41, 5.74) is 3.19. The molecular weight excluding hydrogens is 394 g/mol. The Bertz CT molecular complexity index is 1250. The van der Waals surface area contributed by atoms with E-state index in [-0.39, 0.29) is 16.3 Å². The lowest BCUT2D eigenvalue weighted by Crippen LogP contribution is -2.13. The maximum Gasteiger partial charge on any atom is 0.270 e. The van der Waals surface area contributed by atoms with Gasteiger partial charge >= 0.3 is 0 Å². The van der Waals surface area contributed by atoms with Crippen LogP contribution in [0.3, 0.4) is 0 Å². The number of amides is 1. The molecule has 0 aliphatic carbocycles. The number of carbonyl (C=O) groups excluding carboxylic acids is 1. The number of rotatable bonds is 4. The predicted molar refractivity (Wildman–Crippen MR) is 110 cm³/mol. The molecule has 0 saturated heterocycles. The molecule has 9 heteroatoms. The Morgan fingerprint density at radius 3 is 2.45 bits per heavy atom. The highest BCUT2D eigenvalue weighted by Crippen LogP contribution is 2.26. The van der Waals surface area contributed by atoms with Gasteiger partial charge in [-0.05, 0) is 42.8 Å². The summed E-state index contributed by atoms with van der Waals surface area (Å²) in [5, 5.41) is 22.8. The third kappa shape index (κ3) is 3.65. The highest BCUT2D eigenvalue weighted by atomic mass is 35.5. The Balaban J connectivity index is 1.68. The number of aromatic nitrogens is 3. The van der Waals surface area contributed by atoms with E-state index >= 15 is 0 Å². The Morgan fingerprint density at radius 2 is 1.76 bits per heavy atom. The number of nitro benzene ring substituents is 1. The lowest BCUT2D eigenvalue weighted by molar-refractivity contribution is -0.384. The molecule has 4 rings (SSSR count). The van der Waals surface area contributed by atoms with Crippen molar-refractivity contribution in [1.82, 2.24) is 15.0 Å². The van der Waals surface area contributed by atoms with E-state index in [0.717, 1.165) is 17.3 Å². The quantitative estimate of drug-likeness (QED) is 0.395. The minimum absolute atomic E-state index is 0.0216. The monoisotopic (exact) mass is 407 g/mol. The number of nitro groups is 1. The number of nitrogens with one attached hydrogen (secondary N) is 1. The number of nitrogens with zero attached hydrogens (tertiary/aromatic N) is 4. The Hall–Kier alpha value is -3.78. The number of benzene rings is 3. The molecule has 8 nitrogen and oxygen atoms in total. The van der Waals surface area contributed by atoms with Crippen molar-refractivity contribution in [3.63, 3.8) is 0 Å². The second-order valence-corrected chi connectivity index (χ2v) is 6.76. The topological polar surface area (TPSA) is 103 Å². The van der Waals surface area contributed by atoms with Crippen LogP contribution in [0.25, 0.3) is 16.7 Å². The zero-order valence-corrected chi connectivity index (χ0v) is 15.9. The molecule has 0 aliphatic heterocycles. The van der Waals surface area contributed by atoms with Crippen molar-refractivity contribution in [2.45, 2.75) is 6.92 Å². The number of fused-ring (bicyclic) bond motifs is 1. The van der Waals surface area contributed by atoms with E-state index in [4.69, 9.17) is 11.6 Å². The number of para-hydroxylation sites is 1. The van der Waals surface area contributed by atoms with Gasteiger partial charge in [-0.25, -0.2) is 0 Å². The fourth-order valence-electron chi connectivity index (χ4n) is 2.87. The van der Waals surface area contributed by atoms with Gasteiger partial charge < -0.3 is 5.32 Å². The van der Waals surface area contributed by atoms with Crippen molar-refractivity contribution in [2.75, 3.05) is 5.32 Å². The molecule has 0 radical (unpaired) electrons. The van der Waals surface area contributed by atoms with Gasteiger partial charge in [0.1, 0.15) is 11.0 Å². The minimum atomic E-state index is -0.577. The molecule has 3 aromatic carbocycles. The molecule has 1 amide bonds. The van der Waals surface area contributed by atoms with Gasteiger partial charge in [0.2, 0.25) is 0 Å². The third-order valence-corrected chi connectivity index (χ3v) is 4.70. The predicted octanol–water partition coefficient (Wildman–Crippen LogP) is 4.54. The number of anilines is 1. The average Bonchev–Trinajstić information content (AvgIpc) is 3.11. The summed E-state index contributed by atoms with van der Waals surface area (Å²) in [6, 6.07) is 16.7. The number of carbonyl (C=O) groups is 1. The van der Waals surface area contributed by atoms with Crippen LogP contribution < -0.4 is 5.32 Å². The average molecular weight is 408 g/mol. The van der Waals surface area contributed by atoms with Crippen LogP contribution in [0, 0.1) is 17.0 Å². The Labute approximate surface area is 169 Å². The van der Waals surface area contributed by atoms with Crippen LogP contribution in [0.1, 0.15) is 15.9 Å². The number of non-ortho nitro benzene ring substituents is 1. The summed E-state index contributed by atoms with van der Waals surface area (Å²) in [5.74, 6) is -0.545. The van der Waals surface area contributed by atoms with E-state index in [2.05, 4.69) is 15.5 Å². The van der Waals surface area contributed by atoms with Crippen molar-refractivity contribution in [1.29, 1.82) is 0 Å². The van der Waals surface area contributed by atoms with Gasteiger partial charge in [0, 0.05) is 17.8 Å². The summed E-state index contributed by atoms with van der Waals surface area (Å²) in [7, 11) is 0. The summed E-state index contributed by atoms with van der Waals surface area (Å²) in [6.45, 7) is 1.83. The van der Waals surface area contributed by atoms with Gasteiger partial charge in [0.15, 0.2) is 0 Å². The zero-order valence-electron chi connectivity index (χ0n) is 15.2. The maximum atomic E-state index is 12.7. The van der Waals surface area contributed by atoms with E-state index in [1.807, 2.05) is 43.3 Å². The molecule has 0 atom stereocenters. The first-order chi connectivity index (χ1) is 13.9. The van der Waals surface area contributed by atoms with Crippen LogP contribution >= 0.6 is 11.6 Å². The highest BCUT2D eigenvalue weighted by molar-refractivity contribution is 6.34. The summed E-state index contributed by atoms with van der Waals surface area (Å²) in [4.78, 5) is 24.6. The first-order valence-electron chi connectivity index (χ1n) is 8.61.